The maximum Gasteiger partial charge on any atom is 0.195 e. The van der Waals surface area contributed by atoms with Gasteiger partial charge in [-0.25, -0.2) is 13.8 Å². The Morgan fingerprint density at radius 3 is 2.69 bits per heavy atom. The van der Waals surface area contributed by atoms with Crippen LogP contribution >= 0.6 is 0 Å². The van der Waals surface area contributed by atoms with E-state index >= 15 is 0 Å². The monoisotopic (exact) mass is 183 g/mol. The van der Waals surface area contributed by atoms with Crippen molar-refractivity contribution in [3.63, 3.8) is 0 Å². The van der Waals surface area contributed by atoms with Crippen molar-refractivity contribution in [3.05, 3.63) is 29.7 Å². The van der Waals surface area contributed by atoms with Crippen LogP contribution in [-0.2, 0) is 6.42 Å². The largest absolute Gasteiger partial charge is 0.441 e. The number of hydrogen-bond acceptors (Lipinski definition) is 2. The molecule has 0 fully saturated rings. The van der Waals surface area contributed by atoms with Crippen LogP contribution in [0.5, 0.6) is 0 Å². The molecule has 2 aromatic rings. The van der Waals surface area contributed by atoms with Gasteiger partial charge in [0.05, 0.1) is 0 Å². The number of aryl methyl sites for hydroxylation is 1. The van der Waals surface area contributed by atoms with Crippen molar-refractivity contribution in [2.24, 2.45) is 0 Å². The highest BCUT2D eigenvalue weighted by molar-refractivity contribution is 5.72. The van der Waals surface area contributed by atoms with Crippen LogP contribution in [0.3, 0.4) is 0 Å². The third-order valence-electron chi connectivity index (χ3n) is 1.78. The summed E-state index contributed by atoms with van der Waals surface area (Å²) >= 11 is 0. The molecule has 0 atom stereocenters. The molecular weight excluding hydrogens is 176 g/mol. The number of benzene rings is 1. The molecule has 2 nitrogen and oxygen atoms in total. The quantitative estimate of drug-likeness (QED) is 0.679. The second-order valence-electron chi connectivity index (χ2n) is 2.70. The molecule has 4 heteroatoms. The number of aromatic nitrogens is 1. The Kier molecular flexibility index (Phi) is 1.76. The van der Waals surface area contributed by atoms with E-state index < -0.39 is 11.6 Å². The summed E-state index contributed by atoms with van der Waals surface area (Å²) in [5.74, 6) is -1.32. The minimum atomic E-state index is -0.911. The van der Waals surface area contributed by atoms with Gasteiger partial charge < -0.3 is 4.42 Å². The molecule has 0 radical (unpaired) electrons. The van der Waals surface area contributed by atoms with Crippen molar-refractivity contribution >= 4 is 11.1 Å². The van der Waals surface area contributed by atoms with E-state index in [1.54, 1.807) is 0 Å². The van der Waals surface area contributed by atoms with Gasteiger partial charge in [-0.05, 0) is 0 Å². The van der Waals surface area contributed by atoms with E-state index in [0.717, 1.165) is 12.1 Å². The zero-order chi connectivity index (χ0) is 9.42. The normalized spacial score (nSPS) is 11.0. The highest BCUT2D eigenvalue weighted by atomic mass is 19.2. The highest BCUT2D eigenvalue weighted by Crippen LogP contribution is 2.19. The lowest BCUT2D eigenvalue weighted by Crippen LogP contribution is -1.82. The molecule has 1 aromatic carbocycles. The zero-order valence-electron chi connectivity index (χ0n) is 6.97. The first-order valence-corrected chi connectivity index (χ1v) is 3.95. The molecule has 0 unspecified atom stereocenters. The van der Waals surface area contributed by atoms with Gasteiger partial charge in [0.15, 0.2) is 23.1 Å². The van der Waals surface area contributed by atoms with E-state index in [0.29, 0.717) is 17.8 Å². The summed E-state index contributed by atoms with van der Waals surface area (Å²) in [6.45, 7) is 1.86. The lowest BCUT2D eigenvalue weighted by Gasteiger charge is -1.89. The number of hydrogen-bond donors (Lipinski definition) is 0. The number of halogens is 2. The van der Waals surface area contributed by atoms with Crippen LogP contribution < -0.4 is 0 Å². The average Bonchev–Trinajstić information content (AvgIpc) is 2.48. The van der Waals surface area contributed by atoms with Gasteiger partial charge in [-0.15, -0.1) is 0 Å². The molecule has 1 aromatic heterocycles. The molecule has 1 heterocycles. The molecular formula is C9H7F2NO. The van der Waals surface area contributed by atoms with Crippen molar-refractivity contribution in [2.75, 3.05) is 0 Å². The molecule has 0 saturated heterocycles. The molecule has 0 bridgehead atoms. The predicted molar refractivity (Wildman–Crippen MR) is 43.3 cm³/mol. The van der Waals surface area contributed by atoms with Crippen LogP contribution in [0, 0.1) is 11.6 Å². The third-order valence-corrected chi connectivity index (χ3v) is 1.78. The van der Waals surface area contributed by atoms with Gasteiger partial charge in [0.2, 0.25) is 0 Å². The fraction of sp³-hybridized carbons (Fsp3) is 0.222. The average molecular weight is 183 g/mol. The van der Waals surface area contributed by atoms with Gasteiger partial charge in [-0.2, -0.15) is 0 Å². The summed E-state index contributed by atoms with van der Waals surface area (Å²) < 4.78 is 30.5. The van der Waals surface area contributed by atoms with Crippen LogP contribution in [-0.4, -0.2) is 4.98 Å². The Hall–Kier alpha value is -1.45. The van der Waals surface area contributed by atoms with Gasteiger partial charge >= 0.3 is 0 Å². The maximum atomic E-state index is 12.7. The van der Waals surface area contributed by atoms with Crippen molar-refractivity contribution < 1.29 is 13.2 Å². The minimum absolute atomic E-state index is 0.288. The number of oxazole rings is 1. The Bertz CT molecular complexity index is 411. The van der Waals surface area contributed by atoms with Gasteiger partial charge in [0, 0.05) is 18.6 Å². The van der Waals surface area contributed by atoms with Gasteiger partial charge in [0.1, 0.15) is 5.52 Å². The SMILES string of the molecule is CCc1nc2cc(F)c(F)cc2o1. The minimum Gasteiger partial charge on any atom is -0.441 e. The van der Waals surface area contributed by atoms with Gasteiger partial charge in [-0.1, -0.05) is 6.92 Å². The Balaban J connectivity index is 2.70. The molecule has 13 heavy (non-hydrogen) atoms. The van der Waals surface area contributed by atoms with E-state index in [-0.39, 0.29) is 5.58 Å². The van der Waals surface area contributed by atoms with Crippen molar-refractivity contribution in [1.29, 1.82) is 0 Å². The first-order chi connectivity index (χ1) is 6.20. The van der Waals surface area contributed by atoms with E-state index in [4.69, 9.17) is 4.42 Å². The van der Waals surface area contributed by atoms with Crippen LogP contribution in [0.2, 0.25) is 0 Å². The number of fused-ring (bicyclic) bond motifs is 1. The third kappa shape index (κ3) is 1.28. The zero-order valence-corrected chi connectivity index (χ0v) is 6.97. The number of rotatable bonds is 1. The second kappa shape index (κ2) is 2.80. The fourth-order valence-corrected chi connectivity index (χ4v) is 1.12. The van der Waals surface area contributed by atoms with E-state index in [2.05, 4.69) is 4.98 Å². The topological polar surface area (TPSA) is 26.0 Å². The molecule has 2 rings (SSSR count). The summed E-state index contributed by atoms with van der Waals surface area (Å²) in [6.07, 6.45) is 0.609. The highest BCUT2D eigenvalue weighted by Gasteiger charge is 2.09. The first kappa shape index (κ1) is 8.16. The summed E-state index contributed by atoms with van der Waals surface area (Å²) in [5.41, 5.74) is 0.645. The molecule has 0 N–H and O–H groups in total. The predicted octanol–water partition coefficient (Wildman–Crippen LogP) is 2.67. The molecule has 0 saturated carbocycles. The van der Waals surface area contributed by atoms with Gasteiger partial charge in [-0.3, -0.25) is 0 Å². The second-order valence-corrected chi connectivity index (χ2v) is 2.70. The Labute approximate surface area is 73.2 Å². The summed E-state index contributed by atoms with van der Waals surface area (Å²) in [6, 6.07) is 2.05. The number of nitrogens with zero attached hydrogens (tertiary/aromatic N) is 1. The lowest BCUT2D eigenvalue weighted by molar-refractivity contribution is 0.503. The maximum absolute atomic E-state index is 12.7. The van der Waals surface area contributed by atoms with E-state index in [9.17, 15) is 8.78 Å². The summed E-state index contributed by atoms with van der Waals surface area (Å²) in [7, 11) is 0. The molecule has 0 aliphatic rings. The van der Waals surface area contributed by atoms with Crippen LogP contribution in [0.15, 0.2) is 16.5 Å². The summed E-state index contributed by atoms with van der Waals surface area (Å²) in [5, 5.41) is 0. The molecule has 0 aliphatic heterocycles. The Morgan fingerprint density at radius 2 is 2.00 bits per heavy atom. The summed E-state index contributed by atoms with van der Waals surface area (Å²) in [4.78, 5) is 3.96. The first-order valence-electron chi connectivity index (χ1n) is 3.95. The lowest BCUT2D eigenvalue weighted by atomic mass is 10.3. The van der Waals surface area contributed by atoms with Gasteiger partial charge in [0.25, 0.3) is 0 Å². The van der Waals surface area contributed by atoms with Crippen molar-refractivity contribution in [2.45, 2.75) is 13.3 Å². The molecule has 68 valence electrons. The van der Waals surface area contributed by atoms with E-state index in [1.807, 2.05) is 6.92 Å². The Morgan fingerprint density at radius 1 is 1.31 bits per heavy atom. The van der Waals surface area contributed by atoms with E-state index in [1.165, 1.54) is 0 Å². The van der Waals surface area contributed by atoms with Crippen LogP contribution in [0.25, 0.3) is 11.1 Å². The molecule has 0 aliphatic carbocycles. The van der Waals surface area contributed by atoms with Crippen LogP contribution in [0.1, 0.15) is 12.8 Å². The molecule has 0 spiro atoms. The standard InChI is InChI=1S/C9H7F2NO/c1-2-9-12-7-3-5(10)6(11)4-8(7)13-9/h3-4H,2H2,1H3. The van der Waals surface area contributed by atoms with Crippen molar-refractivity contribution in [1.82, 2.24) is 4.98 Å². The molecule has 0 amide bonds. The van der Waals surface area contributed by atoms with Crippen molar-refractivity contribution in [3.8, 4) is 0 Å². The smallest absolute Gasteiger partial charge is 0.195 e. The van der Waals surface area contributed by atoms with Crippen LogP contribution in [0.4, 0.5) is 8.78 Å². The fourth-order valence-electron chi connectivity index (χ4n) is 1.12.